The Morgan fingerprint density at radius 3 is 2.46 bits per heavy atom. The van der Waals surface area contributed by atoms with Gasteiger partial charge in [-0.05, 0) is 37.1 Å². The number of primary amides is 1. The van der Waals surface area contributed by atoms with Crippen molar-refractivity contribution in [2.45, 2.75) is 26.0 Å². The summed E-state index contributed by atoms with van der Waals surface area (Å²) < 4.78 is 5.61. The summed E-state index contributed by atoms with van der Waals surface area (Å²) in [6.45, 7) is 3.48. The molecule has 0 saturated heterocycles. The van der Waals surface area contributed by atoms with E-state index >= 15 is 0 Å². The zero-order valence-electron chi connectivity index (χ0n) is 13.5. The van der Waals surface area contributed by atoms with Gasteiger partial charge in [0.1, 0.15) is 11.8 Å². The third-order valence-corrected chi connectivity index (χ3v) is 3.78. The first-order chi connectivity index (χ1) is 11.4. The van der Waals surface area contributed by atoms with Gasteiger partial charge in [-0.2, -0.15) is 0 Å². The van der Waals surface area contributed by atoms with E-state index in [-0.39, 0.29) is 0 Å². The zero-order valence-corrected chi connectivity index (χ0v) is 14.2. The highest BCUT2D eigenvalue weighted by molar-refractivity contribution is 6.32. The number of carbonyl (C=O) groups excluding carboxylic acids is 2. The molecule has 2 amide bonds. The van der Waals surface area contributed by atoms with Crippen LogP contribution in [-0.2, 0) is 9.59 Å². The molecule has 24 heavy (non-hydrogen) atoms. The average Bonchev–Trinajstić information content (AvgIpc) is 2.56. The minimum absolute atomic E-state index is 0.412. The number of amides is 2. The molecule has 126 valence electrons. The Morgan fingerprint density at radius 1 is 1.17 bits per heavy atom. The summed E-state index contributed by atoms with van der Waals surface area (Å²) in [4.78, 5) is 24.0. The first-order valence-corrected chi connectivity index (χ1v) is 7.83. The molecule has 2 rings (SSSR count). The van der Waals surface area contributed by atoms with Gasteiger partial charge in [-0.25, -0.2) is 0 Å². The molecule has 0 aliphatic carbocycles. The quantitative estimate of drug-likeness (QED) is 0.843. The number of hydrogen-bond donors (Lipinski definition) is 2. The first kappa shape index (κ1) is 17.8. The minimum Gasteiger partial charge on any atom is -0.479 e. The van der Waals surface area contributed by atoms with Gasteiger partial charge in [-0.1, -0.05) is 48.0 Å². The van der Waals surface area contributed by atoms with E-state index in [1.54, 1.807) is 43.3 Å². The molecule has 3 N–H and O–H groups in total. The monoisotopic (exact) mass is 346 g/mol. The molecule has 0 fully saturated rings. The second kappa shape index (κ2) is 7.84. The molecule has 0 unspecified atom stereocenters. The van der Waals surface area contributed by atoms with Crippen molar-refractivity contribution in [3.8, 4) is 5.75 Å². The molecule has 2 aromatic carbocycles. The van der Waals surface area contributed by atoms with E-state index in [0.29, 0.717) is 16.3 Å². The highest BCUT2D eigenvalue weighted by Gasteiger charge is 2.24. The number of rotatable bonds is 6. The number of nitrogens with two attached hydrogens (primary N) is 1. The van der Waals surface area contributed by atoms with Crippen molar-refractivity contribution >= 4 is 23.4 Å². The molecule has 0 saturated carbocycles. The lowest BCUT2D eigenvalue weighted by Crippen LogP contribution is -2.43. The first-order valence-electron chi connectivity index (χ1n) is 7.46. The van der Waals surface area contributed by atoms with Crippen molar-refractivity contribution in [1.82, 2.24) is 5.32 Å². The lowest BCUT2D eigenvalue weighted by molar-refractivity contribution is -0.131. The van der Waals surface area contributed by atoms with Crippen LogP contribution in [0.15, 0.2) is 48.5 Å². The standard InChI is InChI=1S/C18H19ClN2O3/c1-11-8-9-14(19)15(10-11)24-12(2)18(23)21-16(17(20)22)13-6-4-3-5-7-13/h3-10,12,16H,1-2H3,(H2,20,22)(H,21,23)/t12-,16+/m0/s1. The molecule has 0 spiro atoms. The molecule has 0 aromatic heterocycles. The van der Waals surface area contributed by atoms with Crippen molar-refractivity contribution in [1.29, 1.82) is 0 Å². The molecule has 0 radical (unpaired) electrons. The number of aryl methyl sites for hydroxylation is 1. The molecule has 0 bridgehead atoms. The normalized spacial score (nSPS) is 13.0. The van der Waals surface area contributed by atoms with Gasteiger partial charge < -0.3 is 15.8 Å². The van der Waals surface area contributed by atoms with Crippen LogP contribution in [0.4, 0.5) is 0 Å². The minimum atomic E-state index is -0.919. The maximum absolute atomic E-state index is 12.3. The van der Waals surface area contributed by atoms with E-state index < -0.39 is 24.0 Å². The molecule has 2 aromatic rings. The molecule has 6 heteroatoms. The molecular formula is C18H19ClN2O3. The van der Waals surface area contributed by atoms with E-state index in [1.807, 2.05) is 19.1 Å². The van der Waals surface area contributed by atoms with Crippen molar-refractivity contribution in [3.63, 3.8) is 0 Å². The van der Waals surface area contributed by atoms with Crippen LogP contribution in [0, 0.1) is 6.92 Å². The third-order valence-electron chi connectivity index (χ3n) is 3.46. The third kappa shape index (κ3) is 4.49. The predicted octanol–water partition coefficient (Wildman–Crippen LogP) is 2.76. The smallest absolute Gasteiger partial charge is 0.261 e. The lowest BCUT2D eigenvalue weighted by atomic mass is 10.1. The van der Waals surface area contributed by atoms with Crippen LogP contribution in [0.2, 0.25) is 5.02 Å². The Morgan fingerprint density at radius 2 is 1.83 bits per heavy atom. The summed E-state index contributed by atoms with van der Waals surface area (Å²) in [6.07, 6.45) is -0.838. The number of nitrogens with one attached hydrogen (secondary N) is 1. The number of hydrogen-bond acceptors (Lipinski definition) is 3. The second-order valence-electron chi connectivity index (χ2n) is 5.45. The van der Waals surface area contributed by atoms with E-state index in [1.165, 1.54) is 0 Å². The van der Waals surface area contributed by atoms with Gasteiger partial charge in [0, 0.05) is 0 Å². The highest BCUT2D eigenvalue weighted by Crippen LogP contribution is 2.26. The van der Waals surface area contributed by atoms with Crippen LogP contribution in [0.3, 0.4) is 0 Å². The summed E-state index contributed by atoms with van der Waals surface area (Å²) in [6, 6.07) is 13.2. The summed E-state index contributed by atoms with van der Waals surface area (Å²) in [7, 11) is 0. The fourth-order valence-corrected chi connectivity index (χ4v) is 2.33. The van der Waals surface area contributed by atoms with Gasteiger partial charge in [0.05, 0.1) is 5.02 Å². The van der Waals surface area contributed by atoms with Crippen LogP contribution in [0.1, 0.15) is 24.1 Å². The Balaban J connectivity index is 2.09. The molecular weight excluding hydrogens is 328 g/mol. The van der Waals surface area contributed by atoms with E-state index in [2.05, 4.69) is 5.32 Å². The zero-order chi connectivity index (χ0) is 17.7. The molecule has 5 nitrogen and oxygen atoms in total. The van der Waals surface area contributed by atoms with Crippen molar-refractivity contribution in [2.75, 3.05) is 0 Å². The van der Waals surface area contributed by atoms with Crippen LogP contribution in [0.25, 0.3) is 0 Å². The summed E-state index contributed by atoms with van der Waals surface area (Å²) in [5, 5.41) is 3.02. The van der Waals surface area contributed by atoms with Crippen LogP contribution in [0.5, 0.6) is 5.75 Å². The largest absolute Gasteiger partial charge is 0.479 e. The Labute approximate surface area is 145 Å². The summed E-state index contributed by atoms with van der Waals surface area (Å²) >= 11 is 6.07. The van der Waals surface area contributed by atoms with Crippen molar-refractivity contribution in [3.05, 3.63) is 64.7 Å². The van der Waals surface area contributed by atoms with Gasteiger partial charge in [0.25, 0.3) is 5.91 Å². The highest BCUT2D eigenvalue weighted by atomic mass is 35.5. The molecule has 0 aliphatic heterocycles. The predicted molar refractivity (Wildman–Crippen MR) is 92.8 cm³/mol. The van der Waals surface area contributed by atoms with Gasteiger partial charge in [0.2, 0.25) is 5.91 Å². The fraction of sp³-hybridized carbons (Fsp3) is 0.222. The maximum Gasteiger partial charge on any atom is 0.261 e. The molecule has 0 aliphatic rings. The Bertz CT molecular complexity index is 734. The topological polar surface area (TPSA) is 81.4 Å². The maximum atomic E-state index is 12.3. The van der Waals surface area contributed by atoms with Gasteiger partial charge >= 0.3 is 0 Å². The number of ether oxygens (including phenoxy) is 1. The van der Waals surface area contributed by atoms with Crippen molar-refractivity contribution in [2.24, 2.45) is 5.73 Å². The van der Waals surface area contributed by atoms with Gasteiger partial charge in [0.15, 0.2) is 6.10 Å². The molecule has 2 atom stereocenters. The fourth-order valence-electron chi connectivity index (χ4n) is 2.17. The summed E-state index contributed by atoms with van der Waals surface area (Å²) in [5.41, 5.74) is 6.97. The van der Waals surface area contributed by atoms with E-state index in [4.69, 9.17) is 22.1 Å². The average molecular weight is 347 g/mol. The second-order valence-corrected chi connectivity index (χ2v) is 5.86. The van der Waals surface area contributed by atoms with E-state index in [0.717, 1.165) is 5.56 Å². The molecule has 0 heterocycles. The number of carbonyl (C=O) groups is 2. The van der Waals surface area contributed by atoms with E-state index in [9.17, 15) is 9.59 Å². The Hall–Kier alpha value is -2.53. The van der Waals surface area contributed by atoms with Gasteiger partial charge in [-0.3, -0.25) is 9.59 Å². The van der Waals surface area contributed by atoms with Crippen molar-refractivity contribution < 1.29 is 14.3 Å². The SMILES string of the molecule is Cc1ccc(Cl)c(O[C@@H](C)C(=O)N[C@@H](C(N)=O)c2ccccc2)c1. The number of benzene rings is 2. The Kier molecular flexibility index (Phi) is 5.82. The number of halogens is 1. The summed E-state index contributed by atoms with van der Waals surface area (Å²) in [5.74, 6) is -0.690. The van der Waals surface area contributed by atoms with Crippen LogP contribution < -0.4 is 15.8 Å². The lowest BCUT2D eigenvalue weighted by Gasteiger charge is -2.20. The van der Waals surface area contributed by atoms with Gasteiger partial charge in [-0.15, -0.1) is 0 Å². The van der Waals surface area contributed by atoms with Crippen LogP contribution >= 0.6 is 11.6 Å². The van der Waals surface area contributed by atoms with Crippen LogP contribution in [-0.4, -0.2) is 17.9 Å².